The van der Waals surface area contributed by atoms with E-state index in [2.05, 4.69) is 10.2 Å². The lowest BCUT2D eigenvalue weighted by molar-refractivity contribution is 0.132. The second kappa shape index (κ2) is 9.99. The second-order valence-corrected chi connectivity index (χ2v) is 3.44. The molecule has 0 saturated carbocycles. The summed E-state index contributed by atoms with van der Waals surface area (Å²) >= 11 is 0. The minimum atomic E-state index is -0.0973. The van der Waals surface area contributed by atoms with Gasteiger partial charge in [-0.15, -0.1) is 24.8 Å². The second-order valence-electron chi connectivity index (χ2n) is 3.44. The molecular weight excluding hydrogens is 223 g/mol. The standard InChI is InChI=1S/C9H20N2O.2ClH/c1-2-9(12)3-6-11-7-4-10-5-8-11;;/h9-10,12H,2-8H2,1H3;2*1H. The molecule has 5 heteroatoms. The van der Waals surface area contributed by atoms with Crippen LogP contribution >= 0.6 is 24.8 Å². The van der Waals surface area contributed by atoms with Gasteiger partial charge in [0.05, 0.1) is 6.10 Å². The molecule has 0 aliphatic carbocycles. The molecule has 2 N–H and O–H groups in total. The maximum atomic E-state index is 9.35. The molecule has 0 aromatic rings. The summed E-state index contributed by atoms with van der Waals surface area (Å²) in [7, 11) is 0. The van der Waals surface area contributed by atoms with E-state index < -0.39 is 0 Å². The molecule has 14 heavy (non-hydrogen) atoms. The third kappa shape index (κ3) is 6.85. The van der Waals surface area contributed by atoms with Crippen molar-refractivity contribution in [3.63, 3.8) is 0 Å². The lowest BCUT2D eigenvalue weighted by Gasteiger charge is -2.27. The molecule has 0 aromatic heterocycles. The number of hydrogen-bond acceptors (Lipinski definition) is 3. The number of aliphatic hydroxyl groups excluding tert-OH is 1. The van der Waals surface area contributed by atoms with Crippen LogP contribution in [0.1, 0.15) is 19.8 Å². The average molecular weight is 245 g/mol. The first kappa shape index (κ1) is 16.9. The van der Waals surface area contributed by atoms with Gasteiger partial charge < -0.3 is 15.3 Å². The molecule has 1 fully saturated rings. The Kier molecular flexibility index (Phi) is 12.0. The van der Waals surface area contributed by atoms with Crippen molar-refractivity contribution in [2.75, 3.05) is 32.7 Å². The van der Waals surface area contributed by atoms with Crippen LogP contribution in [-0.2, 0) is 0 Å². The van der Waals surface area contributed by atoms with Crippen LogP contribution in [0, 0.1) is 0 Å². The fourth-order valence-electron chi connectivity index (χ4n) is 1.47. The molecule has 1 atom stereocenters. The Balaban J connectivity index is 0. The minimum absolute atomic E-state index is 0. The van der Waals surface area contributed by atoms with E-state index in [1.807, 2.05) is 6.92 Å². The smallest absolute Gasteiger partial charge is 0.0549 e. The highest BCUT2D eigenvalue weighted by atomic mass is 35.5. The van der Waals surface area contributed by atoms with Gasteiger partial charge in [-0.2, -0.15) is 0 Å². The average Bonchev–Trinajstić information content (AvgIpc) is 2.16. The Labute approximate surface area is 99.1 Å². The van der Waals surface area contributed by atoms with Crippen molar-refractivity contribution in [2.24, 2.45) is 0 Å². The molecule has 1 saturated heterocycles. The van der Waals surface area contributed by atoms with Gasteiger partial charge in [-0.3, -0.25) is 0 Å². The zero-order valence-corrected chi connectivity index (χ0v) is 10.4. The SMILES string of the molecule is CCC(O)CCN1CCNCC1.Cl.Cl. The summed E-state index contributed by atoms with van der Waals surface area (Å²) in [6.45, 7) is 7.55. The number of halogens is 2. The molecular formula is C9H22Cl2N2O. The molecule has 0 aromatic carbocycles. The molecule has 3 nitrogen and oxygen atoms in total. The van der Waals surface area contributed by atoms with Crippen LogP contribution in [0.5, 0.6) is 0 Å². The molecule has 0 amide bonds. The third-order valence-corrected chi connectivity index (χ3v) is 2.46. The summed E-state index contributed by atoms with van der Waals surface area (Å²) in [6.07, 6.45) is 1.71. The van der Waals surface area contributed by atoms with Gasteiger partial charge >= 0.3 is 0 Å². The molecule has 1 aliphatic heterocycles. The fourth-order valence-corrected chi connectivity index (χ4v) is 1.47. The van der Waals surface area contributed by atoms with E-state index in [9.17, 15) is 5.11 Å². The molecule has 1 aliphatic rings. The van der Waals surface area contributed by atoms with E-state index in [4.69, 9.17) is 0 Å². The third-order valence-electron chi connectivity index (χ3n) is 2.46. The molecule has 0 bridgehead atoms. The number of aliphatic hydroxyl groups is 1. The Morgan fingerprint density at radius 3 is 2.36 bits per heavy atom. The van der Waals surface area contributed by atoms with Crippen molar-refractivity contribution >= 4 is 24.8 Å². The first-order valence-corrected chi connectivity index (χ1v) is 4.94. The molecule has 0 radical (unpaired) electrons. The topological polar surface area (TPSA) is 35.5 Å². The lowest BCUT2D eigenvalue weighted by atomic mass is 10.2. The molecule has 1 rings (SSSR count). The predicted octanol–water partition coefficient (Wildman–Crippen LogP) is 0.896. The minimum Gasteiger partial charge on any atom is -0.393 e. The van der Waals surface area contributed by atoms with Gasteiger partial charge in [0, 0.05) is 32.7 Å². The summed E-state index contributed by atoms with van der Waals surface area (Å²) in [5.74, 6) is 0. The van der Waals surface area contributed by atoms with Crippen LogP contribution in [0.3, 0.4) is 0 Å². The van der Waals surface area contributed by atoms with Crippen LogP contribution in [0.4, 0.5) is 0 Å². The van der Waals surface area contributed by atoms with Crippen molar-refractivity contribution in [1.29, 1.82) is 0 Å². The van der Waals surface area contributed by atoms with Crippen LogP contribution in [-0.4, -0.2) is 48.8 Å². The highest BCUT2D eigenvalue weighted by Gasteiger charge is 2.10. The van der Waals surface area contributed by atoms with E-state index in [1.165, 1.54) is 0 Å². The number of nitrogens with one attached hydrogen (secondary N) is 1. The number of hydrogen-bond donors (Lipinski definition) is 2. The van der Waals surface area contributed by atoms with E-state index in [0.717, 1.165) is 45.6 Å². The van der Waals surface area contributed by atoms with Crippen molar-refractivity contribution in [1.82, 2.24) is 10.2 Å². The highest BCUT2D eigenvalue weighted by molar-refractivity contribution is 5.85. The van der Waals surface area contributed by atoms with E-state index in [-0.39, 0.29) is 30.9 Å². The van der Waals surface area contributed by atoms with E-state index in [1.54, 1.807) is 0 Å². The Bertz CT molecular complexity index is 121. The molecule has 1 heterocycles. The van der Waals surface area contributed by atoms with Crippen molar-refractivity contribution in [2.45, 2.75) is 25.9 Å². The van der Waals surface area contributed by atoms with Crippen LogP contribution in [0.25, 0.3) is 0 Å². The first-order valence-electron chi connectivity index (χ1n) is 4.94. The summed E-state index contributed by atoms with van der Waals surface area (Å²) < 4.78 is 0. The zero-order chi connectivity index (χ0) is 8.81. The lowest BCUT2D eigenvalue weighted by Crippen LogP contribution is -2.44. The van der Waals surface area contributed by atoms with Gasteiger partial charge in [0.1, 0.15) is 0 Å². The quantitative estimate of drug-likeness (QED) is 0.772. The summed E-state index contributed by atoms with van der Waals surface area (Å²) in [4.78, 5) is 2.41. The Hall–Kier alpha value is 0.460. The van der Waals surface area contributed by atoms with E-state index in [0.29, 0.717) is 0 Å². The van der Waals surface area contributed by atoms with Gasteiger partial charge in [0.25, 0.3) is 0 Å². The molecule has 1 unspecified atom stereocenters. The van der Waals surface area contributed by atoms with Crippen LogP contribution in [0.15, 0.2) is 0 Å². The Morgan fingerprint density at radius 2 is 1.86 bits per heavy atom. The highest BCUT2D eigenvalue weighted by Crippen LogP contribution is 2.00. The fraction of sp³-hybridized carbons (Fsp3) is 1.00. The van der Waals surface area contributed by atoms with Gasteiger partial charge in [-0.1, -0.05) is 6.92 Å². The monoisotopic (exact) mass is 244 g/mol. The molecule has 88 valence electrons. The van der Waals surface area contributed by atoms with Crippen LogP contribution < -0.4 is 5.32 Å². The Morgan fingerprint density at radius 1 is 1.29 bits per heavy atom. The van der Waals surface area contributed by atoms with Gasteiger partial charge in [-0.25, -0.2) is 0 Å². The molecule has 0 spiro atoms. The normalized spacial score (nSPS) is 19.3. The largest absolute Gasteiger partial charge is 0.393 e. The zero-order valence-electron chi connectivity index (χ0n) is 8.74. The van der Waals surface area contributed by atoms with Gasteiger partial charge in [0.2, 0.25) is 0 Å². The summed E-state index contributed by atoms with van der Waals surface area (Å²) in [5, 5.41) is 12.7. The number of nitrogens with zero attached hydrogens (tertiary/aromatic N) is 1. The first-order chi connectivity index (χ1) is 5.83. The summed E-state index contributed by atoms with van der Waals surface area (Å²) in [5.41, 5.74) is 0. The maximum Gasteiger partial charge on any atom is 0.0549 e. The predicted molar refractivity (Wildman–Crippen MR) is 64.7 cm³/mol. The van der Waals surface area contributed by atoms with E-state index >= 15 is 0 Å². The maximum absolute atomic E-state index is 9.35. The summed E-state index contributed by atoms with van der Waals surface area (Å²) in [6, 6.07) is 0. The van der Waals surface area contributed by atoms with Crippen molar-refractivity contribution in [3.8, 4) is 0 Å². The number of rotatable bonds is 4. The van der Waals surface area contributed by atoms with Gasteiger partial charge in [-0.05, 0) is 12.8 Å². The van der Waals surface area contributed by atoms with Gasteiger partial charge in [0.15, 0.2) is 0 Å². The van der Waals surface area contributed by atoms with Crippen LogP contribution in [0.2, 0.25) is 0 Å². The van der Waals surface area contributed by atoms with Crippen molar-refractivity contribution < 1.29 is 5.11 Å². The van der Waals surface area contributed by atoms with Crippen molar-refractivity contribution in [3.05, 3.63) is 0 Å². The number of piperazine rings is 1.